The number of benzene rings is 1. The Morgan fingerprint density at radius 1 is 1.25 bits per heavy atom. The van der Waals surface area contributed by atoms with Crippen molar-refractivity contribution in [2.75, 3.05) is 38.6 Å². The SMILES string of the molecule is CN(C)c1ccc(C(=O)N2CCC3(CC2)C[C@H](O)CNC3=O)cc1. The Morgan fingerprint density at radius 3 is 2.46 bits per heavy atom. The summed E-state index contributed by atoms with van der Waals surface area (Å²) in [5, 5.41) is 12.7. The largest absolute Gasteiger partial charge is 0.391 e. The highest BCUT2D eigenvalue weighted by Gasteiger charge is 2.45. The summed E-state index contributed by atoms with van der Waals surface area (Å²) >= 11 is 0. The molecule has 0 saturated carbocycles. The number of carbonyl (C=O) groups excluding carboxylic acids is 2. The van der Waals surface area contributed by atoms with Crippen molar-refractivity contribution in [3.05, 3.63) is 29.8 Å². The van der Waals surface area contributed by atoms with Crippen LogP contribution in [0.1, 0.15) is 29.6 Å². The fourth-order valence-electron chi connectivity index (χ4n) is 3.67. The van der Waals surface area contributed by atoms with Crippen LogP contribution in [0, 0.1) is 5.41 Å². The van der Waals surface area contributed by atoms with Crippen LogP contribution < -0.4 is 10.2 Å². The Morgan fingerprint density at radius 2 is 1.88 bits per heavy atom. The zero-order valence-electron chi connectivity index (χ0n) is 14.3. The number of β-amino-alcohol motifs (C(OH)–C–C–N with tert-alkyl or cyclic N) is 1. The maximum Gasteiger partial charge on any atom is 0.253 e. The fraction of sp³-hybridized carbons (Fsp3) is 0.556. The number of nitrogens with one attached hydrogen (secondary N) is 1. The lowest BCUT2D eigenvalue weighted by molar-refractivity contribution is -0.140. The minimum Gasteiger partial charge on any atom is -0.391 e. The molecule has 6 heteroatoms. The molecule has 2 amide bonds. The van der Waals surface area contributed by atoms with Gasteiger partial charge in [-0.3, -0.25) is 9.59 Å². The van der Waals surface area contributed by atoms with E-state index in [1.807, 2.05) is 48.2 Å². The molecule has 24 heavy (non-hydrogen) atoms. The van der Waals surface area contributed by atoms with E-state index in [1.54, 1.807) is 0 Å². The number of anilines is 1. The highest BCUT2D eigenvalue weighted by molar-refractivity contribution is 5.95. The maximum atomic E-state index is 12.7. The minimum absolute atomic E-state index is 0.00641. The number of rotatable bonds is 2. The number of aliphatic hydroxyl groups is 1. The maximum absolute atomic E-state index is 12.7. The lowest BCUT2D eigenvalue weighted by atomic mass is 9.71. The molecule has 0 aromatic heterocycles. The van der Waals surface area contributed by atoms with Crippen LogP contribution in [0.25, 0.3) is 0 Å². The minimum atomic E-state index is -0.511. The third-order valence-corrected chi connectivity index (χ3v) is 5.24. The number of hydrogen-bond acceptors (Lipinski definition) is 4. The molecule has 0 bridgehead atoms. The first-order valence-corrected chi connectivity index (χ1v) is 8.44. The summed E-state index contributed by atoms with van der Waals surface area (Å²) in [6, 6.07) is 7.56. The van der Waals surface area contributed by atoms with Crippen LogP contribution in [-0.4, -0.2) is 61.7 Å². The van der Waals surface area contributed by atoms with Gasteiger partial charge in [0.25, 0.3) is 5.91 Å². The van der Waals surface area contributed by atoms with Crippen molar-refractivity contribution >= 4 is 17.5 Å². The molecule has 0 aliphatic carbocycles. The Balaban J connectivity index is 1.65. The molecular formula is C18H25N3O3. The van der Waals surface area contributed by atoms with Crippen molar-refractivity contribution in [1.82, 2.24) is 10.2 Å². The summed E-state index contributed by atoms with van der Waals surface area (Å²) in [7, 11) is 3.93. The van der Waals surface area contributed by atoms with Crippen molar-refractivity contribution in [2.45, 2.75) is 25.4 Å². The summed E-state index contributed by atoms with van der Waals surface area (Å²) in [6.07, 6.45) is 1.23. The summed E-state index contributed by atoms with van der Waals surface area (Å²) in [4.78, 5) is 28.7. The Bertz CT molecular complexity index is 619. The van der Waals surface area contributed by atoms with E-state index in [0.29, 0.717) is 44.5 Å². The molecule has 0 unspecified atom stereocenters. The van der Waals surface area contributed by atoms with Crippen LogP contribution in [0.3, 0.4) is 0 Å². The van der Waals surface area contributed by atoms with E-state index in [4.69, 9.17) is 0 Å². The van der Waals surface area contributed by atoms with Crippen molar-refractivity contribution < 1.29 is 14.7 Å². The highest BCUT2D eigenvalue weighted by atomic mass is 16.3. The highest BCUT2D eigenvalue weighted by Crippen LogP contribution is 2.38. The van der Waals surface area contributed by atoms with Crippen molar-refractivity contribution in [3.63, 3.8) is 0 Å². The first kappa shape index (κ1) is 16.8. The van der Waals surface area contributed by atoms with Gasteiger partial charge in [-0.25, -0.2) is 0 Å². The average molecular weight is 331 g/mol. The smallest absolute Gasteiger partial charge is 0.253 e. The number of piperidine rings is 2. The van der Waals surface area contributed by atoms with E-state index in [1.165, 1.54) is 0 Å². The zero-order valence-corrected chi connectivity index (χ0v) is 14.3. The lowest BCUT2D eigenvalue weighted by Gasteiger charge is -2.44. The van der Waals surface area contributed by atoms with E-state index in [0.717, 1.165) is 5.69 Å². The van der Waals surface area contributed by atoms with Gasteiger partial charge in [-0.2, -0.15) is 0 Å². The molecule has 2 aliphatic rings. The number of nitrogens with zero attached hydrogens (tertiary/aromatic N) is 2. The van der Waals surface area contributed by atoms with Gasteiger partial charge in [-0.1, -0.05) is 0 Å². The summed E-state index contributed by atoms with van der Waals surface area (Å²) in [5.41, 5.74) is 1.21. The van der Waals surface area contributed by atoms with Crippen LogP contribution in [0.4, 0.5) is 5.69 Å². The summed E-state index contributed by atoms with van der Waals surface area (Å²) in [6.45, 7) is 1.43. The lowest BCUT2D eigenvalue weighted by Crippen LogP contribution is -2.56. The van der Waals surface area contributed by atoms with Gasteiger partial charge < -0.3 is 20.2 Å². The molecule has 2 saturated heterocycles. The fourth-order valence-corrected chi connectivity index (χ4v) is 3.67. The van der Waals surface area contributed by atoms with Crippen molar-refractivity contribution in [2.24, 2.45) is 5.41 Å². The van der Waals surface area contributed by atoms with Crippen LogP contribution in [0.2, 0.25) is 0 Å². The molecule has 1 aromatic rings. The summed E-state index contributed by atoms with van der Waals surface area (Å²) < 4.78 is 0. The first-order chi connectivity index (χ1) is 11.4. The van der Waals surface area contributed by atoms with E-state index < -0.39 is 11.5 Å². The molecule has 3 rings (SSSR count). The molecule has 2 aliphatic heterocycles. The van der Waals surface area contributed by atoms with Crippen LogP contribution in [-0.2, 0) is 4.79 Å². The first-order valence-electron chi connectivity index (χ1n) is 8.44. The Kier molecular flexibility index (Phi) is 4.49. The topological polar surface area (TPSA) is 72.9 Å². The molecule has 2 fully saturated rings. The molecule has 1 atom stereocenters. The van der Waals surface area contributed by atoms with Gasteiger partial charge in [-0.05, 0) is 43.5 Å². The Hall–Kier alpha value is -2.08. The van der Waals surface area contributed by atoms with Crippen molar-refractivity contribution in [1.29, 1.82) is 0 Å². The second kappa shape index (κ2) is 6.43. The Labute approximate surface area is 142 Å². The van der Waals surface area contributed by atoms with E-state index in [2.05, 4.69) is 5.32 Å². The van der Waals surface area contributed by atoms with Gasteiger partial charge in [0, 0.05) is 45.0 Å². The summed E-state index contributed by atoms with van der Waals surface area (Å²) in [5.74, 6) is 0.0298. The van der Waals surface area contributed by atoms with Gasteiger partial charge in [0.05, 0.1) is 11.5 Å². The predicted octanol–water partition coefficient (Wildman–Crippen LogP) is 0.856. The molecular weight excluding hydrogens is 306 g/mol. The van der Waals surface area contributed by atoms with Crippen LogP contribution in [0.5, 0.6) is 0 Å². The molecule has 0 radical (unpaired) electrons. The second-order valence-corrected chi connectivity index (χ2v) is 7.08. The number of amides is 2. The number of aliphatic hydroxyl groups excluding tert-OH is 1. The van der Waals surface area contributed by atoms with Crippen LogP contribution in [0.15, 0.2) is 24.3 Å². The van der Waals surface area contributed by atoms with E-state index >= 15 is 0 Å². The number of likely N-dealkylation sites (tertiary alicyclic amines) is 1. The van der Waals surface area contributed by atoms with Crippen LogP contribution >= 0.6 is 0 Å². The predicted molar refractivity (Wildman–Crippen MR) is 92.0 cm³/mol. The standard InChI is InChI=1S/C18H25N3O3/c1-20(2)14-5-3-13(4-6-14)16(23)21-9-7-18(8-10-21)11-15(22)12-19-17(18)24/h3-6,15,22H,7-12H2,1-2H3,(H,19,24)/t15-/m0/s1. The zero-order chi connectivity index (χ0) is 17.3. The molecule has 1 aromatic carbocycles. The van der Waals surface area contributed by atoms with Gasteiger partial charge >= 0.3 is 0 Å². The third kappa shape index (κ3) is 3.11. The quantitative estimate of drug-likeness (QED) is 0.843. The average Bonchev–Trinajstić information content (AvgIpc) is 2.59. The van der Waals surface area contributed by atoms with E-state index in [-0.39, 0.29) is 11.8 Å². The molecule has 2 heterocycles. The number of hydrogen-bond donors (Lipinski definition) is 2. The van der Waals surface area contributed by atoms with Gasteiger partial charge in [0.2, 0.25) is 5.91 Å². The van der Waals surface area contributed by atoms with Gasteiger partial charge in [0.15, 0.2) is 0 Å². The molecule has 2 N–H and O–H groups in total. The number of carbonyl (C=O) groups is 2. The van der Waals surface area contributed by atoms with Crippen molar-refractivity contribution in [3.8, 4) is 0 Å². The van der Waals surface area contributed by atoms with E-state index in [9.17, 15) is 14.7 Å². The molecule has 6 nitrogen and oxygen atoms in total. The monoisotopic (exact) mass is 331 g/mol. The normalized spacial score (nSPS) is 23.0. The third-order valence-electron chi connectivity index (χ3n) is 5.24. The second-order valence-electron chi connectivity index (χ2n) is 7.08. The molecule has 130 valence electrons. The van der Waals surface area contributed by atoms with Gasteiger partial charge in [0.1, 0.15) is 0 Å². The van der Waals surface area contributed by atoms with Gasteiger partial charge in [-0.15, -0.1) is 0 Å². The molecule has 1 spiro atoms.